The summed E-state index contributed by atoms with van der Waals surface area (Å²) in [5, 5.41) is 0.420. The maximum absolute atomic E-state index is 13.6. The number of hydrogen-bond donors (Lipinski definition) is 1. The lowest BCUT2D eigenvalue weighted by atomic mass is 10.2. The van der Waals surface area contributed by atoms with Crippen LogP contribution in [0.1, 0.15) is 15.9 Å². The first-order chi connectivity index (χ1) is 10.0. The molecule has 0 bridgehead atoms. The van der Waals surface area contributed by atoms with Crippen LogP contribution in [0.3, 0.4) is 0 Å². The van der Waals surface area contributed by atoms with Crippen LogP contribution in [0, 0.1) is 5.82 Å². The van der Waals surface area contributed by atoms with Crippen LogP contribution in [-0.2, 0) is 11.3 Å². The third-order valence-electron chi connectivity index (χ3n) is 2.82. The van der Waals surface area contributed by atoms with Crippen LogP contribution in [-0.4, -0.2) is 13.1 Å². The van der Waals surface area contributed by atoms with Crippen LogP contribution < -0.4 is 10.5 Å². The Morgan fingerprint density at radius 1 is 1.29 bits per heavy atom. The number of nitrogens with two attached hydrogens (primary N) is 1. The van der Waals surface area contributed by atoms with Crippen LogP contribution in [0.15, 0.2) is 36.4 Å². The van der Waals surface area contributed by atoms with Crippen LogP contribution in [0.2, 0.25) is 5.02 Å². The van der Waals surface area contributed by atoms with Crippen molar-refractivity contribution in [3.05, 3.63) is 58.4 Å². The first-order valence-electron chi connectivity index (χ1n) is 6.06. The summed E-state index contributed by atoms with van der Waals surface area (Å²) >= 11 is 5.80. The van der Waals surface area contributed by atoms with Crippen molar-refractivity contribution in [1.29, 1.82) is 0 Å². The number of anilines is 1. The zero-order valence-electron chi connectivity index (χ0n) is 11.2. The van der Waals surface area contributed by atoms with Crippen molar-refractivity contribution in [2.45, 2.75) is 6.61 Å². The highest BCUT2D eigenvalue weighted by Crippen LogP contribution is 2.25. The Kier molecular flexibility index (Phi) is 4.65. The molecule has 0 aromatic heterocycles. The van der Waals surface area contributed by atoms with Crippen molar-refractivity contribution >= 4 is 23.3 Å². The van der Waals surface area contributed by atoms with Crippen molar-refractivity contribution < 1.29 is 18.7 Å². The molecule has 0 fully saturated rings. The zero-order valence-corrected chi connectivity index (χ0v) is 12.0. The summed E-state index contributed by atoms with van der Waals surface area (Å²) in [7, 11) is 1.28. The molecular weight excluding hydrogens is 297 g/mol. The molecule has 21 heavy (non-hydrogen) atoms. The number of rotatable bonds is 4. The largest absolute Gasteiger partial charge is 0.487 e. The Balaban J connectivity index is 2.13. The number of methoxy groups -OCH3 is 1. The Hall–Kier alpha value is -2.27. The molecular formula is C15H13ClFNO3. The van der Waals surface area contributed by atoms with Crippen LogP contribution in [0.25, 0.3) is 0 Å². The number of halogens is 2. The second-order valence-electron chi connectivity index (χ2n) is 4.27. The SMILES string of the molecule is COC(=O)c1ccc(OCc2cc(Cl)ccc2F)c(N)c1. The van der Waals surface area contributed by atoms with Gasteiger partial charge in [0.1, 0.15) is 18.2 Å². The number of nitrogen functional groups attached to an aromatic ring is 1. The van der Waals surface area contributed by atoms with Crippen molar-refractivity contribution in [3.63, 3.8) is 0 Å². The smallest absolute Gasteiger partial charge is 0.337 e. The standard InChI is InChI=1S/C15H13ClFNO3/c1-20-15(19)9-2-5-14(13(18)7-9)21-8-10-6-11(16)3-4-12(10)17/h2-7H,8,18H2,1H3. The molecule has 0 amide bonds. The van der Waals surface area contributed by atoms with Crippen molar-refractivity contribution in [2.75, 3.05) is 12.8 Å². The van der Waals surface area contributed by atoms with Gasteiger partial charge in [-0.25, -0.2) is 9.18 Å². The summed E-state index contributed by atoms with van der Waals surface area (Å²) in [6, 6.07) is 8.70. The van der Waals surface area contributed by atoms with Crippen LogP contribution in [0.5, 0.6) is 5.75 Å². The van der Waals surface area contributed by atoms with Gasteiger partial charge in [0.05, 0.1) is 18.4 Å². The summed E-state index contributed by atoms with van der Waals surface area (Å²) in [6.07, 6.45) is 0. The minimum absolute atomic E-state index is 0.0197. The first kappa shape index (κ1) is 15.1. The average Bonchev–Trinajstić information content (AvgIpc) is 2.48. The van der Waals surface area contributed by atoms with Gasteiger partial charge in [0, 0.05) is 10.6 Å². The van der Waals surface area contributed by atoms with Gasteiger partial charge in [-0.2, -0.15) is 0 Å². The molecule has 0 aliphatic heterocycles. The third kappa shape index (κ3) is 3.64. The second kappa shape index (κ2) is 6.45. The fourth-order valence-corrected chi connectivity index (χ4v) is 1.93. The van der Waals surface area contributed by atoms with E-state index in [-0.39, 0.29) is 12.3 Å². The summed E-state index contributed by atoms with van der Waals surface area (Å²) in [5.41, 5.74) is 6.69. The van der Waals surface area contributed by atoms with Crippen molar-refractivity contribution in [1.82, 2.24) is 0 Å². The molecule has 0 spiro atoms. The summed E-state index contributed by atoms with van der Waals surface area (Å²) in [5.74, 6) is -0.555. The van der Waals surface area contributed by atoms with Gasteiger partial charge < -0.3 is 15.2 Å². The minimum atomic E-state index is -0.492. The highest BCUT2D eigenvalue weighted by molar-refractivity contribution is 6.30. The van der Waals surface area contributed by atoms with Gasteiger partial charge in [0.15, 0.2) is 0 Å². The molecule has 6 heteroatoms. The zero-order chi connectivity index (χ0) is 15.4. The molecule has 0 heterocycles. The minimum Gasteiger partial charge on any atom is -0.487 e. The maximum atomic E-state index is 13.6. The molecule has 0 saturated carbocycles. The number of carbonyl (C=O) groups excluding carboxylic acids is 1. The fourth-order valence-electron chi connectivity index (χ4n) is 1.73. The lowest BCUT2D eigenvalue weighted by Crippen LogP contribution is -2.04. The van der Waals surface area contributed by atoms with Gasteiger partial charge in [-0.05, 0) is 36.4 Å². The van der Waals surface area contributed by atoms with Gasteiger partial charge in [-0.15, -0.1) is 0 Å². The van der Waals surface area contributed by atoms with Gasteiger partial charge in [0.25, 0.3) is 0 Å². The second-order valence-corrected chi connectivity index (χ2v) is 4.71. The number of hydrogen-bond acceptors (Lipinski definition) is 4. The van der Waals surface area contributed by atoms with Crippen LogP contribution >= 0.6 is 11.6 Å². The molecule has 0 atom stereocenters. The number of benzene rings is 2. The Labute approximate surface area is 126 Å². The van der Waals surface area contributed by atoms with E-state index in [9.17, 15) is 9.18 Å². The van der Waals surface area contributed by atoms with E-state index < -0.39 is 11.8 Å². The highest BCUT2D eigenvalue weighted by Gasteiger charge is 2.10. The first-order valence-corrected chi connectivity index (χ1v) is 6.43. The molecule has 0 saturated heterocycles. The molecule has 0 unspecified atom stereocenters. The third-order valence-corrected chi connectivity index (χ3v) is 3.06. The predicted octanol–water partition coefficient (Wildman–Crippen LogP) is 3.43. The maximum Gasteiger partial charge on any atom is 0.337 e. The highest BCUT2D eigenvalue weighted by atomic mass is 35.5. The molecule has 2 aromatic rings. The summed E-state index contributed by atoms with van der Waals surface area (Å²) in [6.45, 7) is -0.0197. The van der Waals surface area contributed by atoms with Gasteiger partial charge in [-0.1, -0.05) is 11.6 Å². The van der Waals surface area contributed by atoms with Gasteiger partial charge in [0.2, 0.25) is 0 Å². The molecule has 0 aliphatic rings. The Morgan fingerprint density at radius 2 is 2.05 bits per heavy atom. The summed E-state index contributed by atoms with van der Waals surface area (Å²) in [4.78, 5) is 11.4. The molecule has 110 valence electrons. The molecule has 0 radical (unpaired) electrons. The summed E-state index contributed by atoms with van der Waals surface area (Å²) < 4.78 is 23.6. The lowest BCUT2D eigenvalue weighted by Gasteiger charge is -2.10. The van der Waals surface area contributed by atoms with E-state index >= 15 is 0 Å². The van der Waals surface area contributed by atoms with Crippen LogP contribution in [0.4, 0.5) is 10.1 Å². The molecule has 2 rings (SSSR count). The van der Waals surface area contributed by atoms with E-state index in [2.05, 4.69) is 4.74 Å². The molecule has 0 aliphatic carbocycles. The average molecular weight is 310 g/mol. The predicted molar refractivity (Wildman–Crippen MR) is 77.9 cm³/mol. The molecule has 2 aromatic carbocycles. The molecule has 2 N–H and O–H groups in total. The van der Waals surface area contributed by atoms with Crippen molar-refractivity contribution in [2.24, 2.45) is 0 Å². The lowest BCUT2D eigenvalue weighted by molar-refractivity contribution is 0.0600. The van der Waals surface area contributed by atoms with E-state index in [4.69, 9.17) is 22.1 Å². The van der Waals surface area contributed by atoms with E-state index in [1.54, 1.807) is 0 Å². The Bertz CT molecular complexity index is 676. The number of esters is 1. The van der Waals surface area contributed by atoms with Gasteiger partial charge >= 0.3 is 5.97 Å². The van der Waals surface area contributed by atoms with E-state index in [1.165, 1.54) is 43.5 Å². The van der Waals surface area contributed by atoms with Gasteiger partial charge in [-0.3, -0.25) is 0 Å². The number of ether oxygens (including phenoxy) is 2. The number of carbonyl (C=O) groups is 1. The monoisotopic (exact) mass is 309 g/mol. The van der Waals surface area contributed by atoms with E-state index in [0.717, 1.165) is 0 Å². The van der Waals surface area contributed by atoms with Crippen molar-refractivity contribution in [3.8, 4) is 5.75 Å². The fraction of sp³-hybridized carbons (Fsp3) is 0.133. The molecule has 4 nitrogen and oxygen atoms in total. The quantitative estimate of drug-likeness (QED) is 0.694. The normalized spacial score (nSPS) is 10.2. The van der Waals surface area contributed by atoms with E-state index in [1.807, 2.05) is 0 Å². The van der Waals surface area contributed by atoms with E-state index in [0.29, 0.717) is 21.9 Å². The Morgan fingerprint density at radius 3 is 2.71 bits per heavy atom. The topological polar surface area (TPSA) is 61.5 Å².